The molecule has 0 aliphatic heterocycles. The number of nitrogens with one attached hydrogen (secondary N) is 1. The van der Waals surface area contributed by atoms with Crippen LogP contribution in [0.3, 0.4) is 0 Å². The van der Waals surface area contributed by atoms with Gasteiger partial charge in [-0.25, -0.2) is 4.98 Å². The minimum absolute atomic E-state index is 0. The first-order valence-corrected chi connectivity index (χ1v) is 8.35. The van der Waals surface area contributed by atoms with Crippen LogP contribution in [0.1, 0.15) is 25.1 Å². The van der Waals surface area contributed by atoms with Crippen molar-refractivity contribution in [3.05, 3.63) is 53.1 Å². The number of aromatic amines is 1. The van der Waals surface area contributed by atoms with Crippen molar-refractivity contribution in [2.45, 2.75) is 27.3 Å². The maximum Gasteiger partial charge on any atom is 0.124 e. The third kappa shape index (κ3) is 4.77. The van der Waals surface area contributed by atoms with Crippen molar-refractivity contribution in [1.82, 2.24) is 19.7 Å². The summed E-state index contributed by atoms with van der Waals surface area (Å²) >= 11 is 6.17. The van der Waals surface area contributed by atoms with E-state index in [1.54, 1.807) is 6.33 Å². The van der Waals surface area contributed by atoms with Crippen molar-refractivity contribution in [2.24, 2.45) is 5.92 Å². The van der Waals surface area contributed by atoms with E-state index in [1.165, 1.54) is 0 Å². The van der Waals surface area contributed by atoms with E-state index in [0.717, 1.165) is 28.4 Å². The molecule has 2 aromatic heterocycles. The molecular weight excluding hydrogens is 359 g/mol. The summed E-state index contributed by atoms with van der Waals surface area (Å²) in [4.78, 5) is 7.20. The van der Waals surface area contributed by atoms with Crippen LogP contribution >= 0.6 is 24.0 Å². The van der Waals surface area contributed by atoms with Gasteiger partial charge in [-0.15, -0.1) is 12.4 Å². The average Bonchev–Trinajstić information content (AvgIpc) is 3.17. The van der Waals surface area contributed by atoms with Crippen LogP contribution in [0.25, 0.3) is 11.4 Å². The van der Waals surface area contributed by atoms with E-state index in [1.807, 2.05) is 42.1 Å². The Morgan fingerprint density at radius 3 is 2.72 bits per heavy atom. The highest BCUT2D eigenvalue weighted by atomic mass is 35.5. The van der Waals surface area contributed by atoms with Crippen LogP contribution < -0.4 is 4.74 Å². The number of aromatic nitrogens is 4. The van der Waals surface area contributed by atoms with Crippen LogP contribution in [0, 0.1) is 12.8 Å². The standard InChI is InChI=1S/C18H21ClN4O.ClH/c1-12(2)10-24-18-5-4-15(19)7-14(18)9-23-13(3)6-16(22-23)17-8-20-11-21-17;/h4-8,11-12H,9-10H2,1-3H3,(H,20,21);1H. The molecule has 5 nitrogen and oxygen atoms in total. The van der Waals surface area contributed by atoms with Crippen molar-refractivity contribution in [1.29, 1.82) is 0 Å². The molecule has 0 aliphatic rings. The monoisotopic (exact) mass is 380 g/mol. The van der Waals surface area contributed by atoms with E-state index in [4.69, 9.17) is 16.3 Å². The molecule has 0 fully saturated rings. The van der Waals surface area contributed by atoms with Gasteiger partial charge in [0.05, 0.1) is 19.5 Å². The molecule has 0 unspecified atom stereocenters. The summed E-state index contributed by atoms with van der Waals surface area (Å²) in [6.45, 7) is 7.56. The van der Waals surface area contributed by atoms with Gasteiger partial charge in [0.2, 0.25) is 0 Å². The third-order valence-electron chi connectivity index (χ3n) is 3.66. The number of benzene rings is 1. The lowest BCUT2D eigenvalue weighted by Gasteiger charge is -2.14. The van der Waals surface area contributed by atoms with E-state index in [0.29, 0.717) is 24.1 Å². The smallest absolute Gasteiger partial charge is 0.124 e. The molecule has 7 heteroatoms. The summed E-state index contributed by atoms with van der Waals surface area (Å²) < 4.78 is 7.87. The van der Waals surface area contributed by atoms with Gasteiger partial charge in [0.15, 0.2) is 0 Å². The lowest BCUT2D eigenvalue weighted by molar-refractivity contribution is 0.268. The van der Waals surface area contributed by atoms with E-state index in [-0.39, 0.29) is 12.4 Å². The molecule has 3 rings (SSSR count). The SMILES string of the molecule is Cc1cc(-c2c[nH]cn2)nn1Cc1cc(Cl)ccc1OCC(C)C.Cl. The summed E-state index contributed by atoms with van der Waals surface area (Å²) in [5.41, 5.74) is 3.75. The van der Waals surface area contributed by atoms with Gasteiger partial charge in [0, 0.05) is 22.5 Å². The van der Waals surface area contributed by atoms with Crippen LogP contribution in [0.15, 0.2) is 36.8 Å². The summed E-state index contributed by atoms with van der Waals surface area (Å²) in [6, 6.07) is 7.74. The number of halogens is 2. The zero-order valence-corrected chi connectivity index (χ0v) is 16.1. The minimum atomic E-state index is 0. The topological polar surface area (TPSA) is 55.7 Å². The Balaban J connectivity index is 0.00000225. The summed E-state index contributed by atoms with van der Waals surface area (Å²) in [7, 11) is 0. The summed E-state index contributed by atoms with van der Waals surface area (Å²) in [6.07, 6.45) is 3.49. The first-order valence-electron chi connectivity index (χ1n) is 7.97. The Hall–Kier alpha value is -1.98. The predicted molar refractivity (Wildman–Crippen MR) is 103 cm³/mol. The zero-order valence-electron chi connectivity index (χ0n) is 14.5. The molecule has 0 aliphatic carbocycles. The highest BCUT2D eigenvalue weighted by Gasteiger charge is 2.12. The lowest BCUT2D eigenvalue weighted by Crippen LogP contribution is -2.09. The lowest BCUT2D eigenvalue weighted by atomic mass is 10.2. The zero-order chi connectivity index (χ0) is 17.1. The average molecular weight is 381 g/mol. The summed E-state index contributed by atoms with van der Waals surface area (Å²) in [5, 5.41) is 5.34. The van der Waals surface area contributed by atoms with Gasteiger partial charge in [-0.3, -0.25) is 4.68 Å². The maximum absolute atomic E-state index is 6.17. The highest BCUT2D eigenvalue weighted by molar-refractivity contribution is 6.30. The van der Waals surface area contributed by atoms with E-state index in [2.05, 4.69) is 28.9 Å². The first kappa shape index (κ1) is 19.3. The van der Waals surface area contributed by atoms with Crippen molar-refractivity contribution < 1.29 is 4.74 Å². The Bertz CT molecular complexity index is 813. The van der Waals surface area contributed by atoms with Crippen molar-refractivity contribution >= 4 is 24.0 Å². The van der Waals surface area contributed by atoms with Crippen molar-refractivity contribution in [2.75, 3.05) is 6.61 Å². The second-order valence-corrected chi connectivity index (χ2v) is 6.68. The summed E-state index contributed by atoms with van der Waals surface area (Å²) in [5.74, 6) is 1.32. The second-order valence-electron chi connectivity index (χ2n) is 6.24. The molecule has 134 valence electrons. The Kier molecular flexibility index (Phi) is 6.51. The molecule has 0 amide bonds. The molecule has 1 aromatic carbocycles. The number of aryl methyl sites for hydroxylation is 1. The number of imidazole rings is 1. The van der Waals surface area contributed by atoms with Gasteiger partial charge in [0.1, 0.15) is 17.1 Å². The number of nitrogens with zero attached hydrogens (tertiary/aromatic N) is 3. The molecular formula is C18H22Cl2N4O. The predicted octanol–water partition coefficient (Wildman–Crippen LogP) is 4.74. The van der Waals surface area contributed by atoms with E-state index in [9.17, 15) is 0 Å². The quantitative estimate of drug-likeness (QED) is 0.671. The number of H-pyrrole nitrogens is 1. The van der Waals surface area contributed by atoms with Gasteiger partial charge < -0.3 is 9.72 Å². The highest BCUT2D eigenvalue weighted by Crippen LogP contribution is 2.25. The number of hydrogen-bond acceptors (Lipinski definition) is 3. The Labute approximate surface area is 158 Å². The van der Waals surface area contributed by atoms with Crippen LogP contribution in [0.5, 0.6) is 5.75 Å². The number of rotatable bonds is 6. The normalized spacial score (nSPS) is 10.8. The minimum Gasteiger partial charge on any atom is -0.493 e. The van der Waals surface area contributed by atoms with E-state index < -0.39 is 0 Å². The second kappa shape index (κ2) is 8.41. The van der Waals surface area contributed by atoms with E-state index >= 15 is 0 Å². The molecule has 0 atom stereocenters. The fraction of sp³-hybridized carbons (Fsp3) is 0.333. The molecule has 25 heavy (non-hydrogen) atoms. The van der Waals surface area contributed by atoms with Gasteiger partial charge >= 0.3 is 0 Å². The largest absolute Gasteiger partial charge is 0.493 e. The molecule has 0 spiro atoms. The fourth-order valence-corrected chi connectivity index (χ4v) is 2.62. The molecule has 0 saturated heterocycles. The molecule has 1 N–H and O–H groups in total. The van der Waals surface area contributed by atoms with Crippen LogP contribution in [-0.2, 0) is 6.54 Å². The Morgan fingerprint density at radius 2 is 2.04 bits per heavy atom. The van der Waals surface area contributed by atoms with Gasteiger partial charge in [-0.05, 0) is 37.1 Å². The Morgan fingerprint density at radius 1 is 1.24 bits per heavy atom. The van der Waals surface area contributed by atoms with Crippen LogP contribution in [-0.4, -0.2) is 26.4 Å². The number of hydrogen-bond donors (Lipinski definition) is 1. The van der Waals surface area contributed by atoms with Crippen LogP contribution in [0.2, 0.25) is 5.02 Å². The first-order chi connectivity index (χ1) is 11.5. The molecule has 0 bridgehead atoms. The molecule has 0 saturated carbocycles. The maximum atomic E-state index is 6.17. The molecule has 3 aromatic rings. The third-order valence-corrected chi connectivity index (χ3v) is 3.89. The van der Waals surface area contributed by atoms with Crippen molar-refractivity contribution in [3.8, 4) is 17.1 Å². The van der Waals surface area contributed by atoms with Gasteiger partial charge in [-0.1, -0.05) is 25.4 Å². The van der Waals surface area contributed by atoms with Crippen LogP contribution in [0.4, 0.5) is 0 Å². The van der Waals surface area contributed by atoms with Gasteiger partial charge in [-0.2, -0.15) is 5.10 Å². The molecule has 0 radical (unpaired) electrons. The van der Waals surface area contributed by atoms with Gasteiger partial charge in [0.25, 0.3) is 0 Å². The molecule has 2 heterocycles. The van der Waals surface area contributed by atoms with Crippen molar-refractivity contribution in [3.63, 3.8) is 0 Å². The fourth-order valence-electron chi connectivity index (χ4n) is 2.43. The number of ether oxygens (including phenoxy) is 1.